The van der Waals surface area contributed by atoms with Gasteiger partial charge >= 0.3 is 35.0 Å². The number of ether oxygens (including phenoxy) is 2. The second-order valence-corrected chi connectivity index (χ2v) is 38.5. The van der Waals surface area contributed by atoms with Crippen molar-refractivity contribution in [3.05, 3.63) is 0 Å². The molecule has 0 aromatic carbocycles. The summed E-state index contributed by atoms with van der Waals surface area (Å²) in [6.45, 7) is 25.0. The van der Waals surface area contributed by atoms with Crippen LogP contribution >= 0.6 is 0 Å². The number of aliphatic hydroxyl groups is 2. The fourth-order valence-corrected chi connectivity index (χ4v) is 31.8. The molecule has 15 nitrogen and oxygen atoms in total. The van der Waals surface area contributed by atoms with Gasteiger partial charge in [-0.2, -0.15) is 0 Å². The Morgan fingerprint density at radius 1 is 0.542 bits per heavy atom. The summed E-state index contributed by atoms with van der Waals surface area (Å²) in [6, 6.07) is 0.806. The third-order valence-electron chi connectivity index (χ3n) is 5.14. The zero-order valence-electron chi connectivity index (χ0n) is 31.0. The van der Waals surface area contributed by atoms with E-state index in [1.165, 1.54) is 0 Å². The first-order valence-electron chi connectivity index (χ1n) is 15.0. The van der Waals surface area contributed by atoms with Gasteiger partial charge in [0, 0.05) is 13.2 Å². The number of Topliss-reactive ketones (excluding diaryl/α,β-unsaturated/α-hetero) is 1. The van der Waals surface area contributed by atoms with E-state index in [1.54, 1.807) is 14.0 Å². The molecule has 0 amide bonds. The summed E-state index contributed by atoms with van der Waals surface area (Å²) < 4.78 is 34.4. The molecular weight excluding hydrogens is 733 g/mol. The van der Waals surface area contributed by atoms with Crippen LogP contribution in [0.2, 0.25) is 103 Å². The second-order valence-electron chi connectivity index (χ2n) is 14.1. The Morgan fingerprint density at radius 3 is 1.08 bits per heavy atom. The summed E-state index contributed by atoms with van der Waals surface area (Å²) in [5.74, 6) is -1.86. The van der Waals surface area contributed by atoms with Gasteiger partial charge in [-0.05, 0) is 85.5 Å². The Balaban J connectivity index is -0.000000225. The van der Waals surface area contributed by atoms with E-state index in [0.29, 0.717) is 12.7 Å². The van der Waals surface area contributed by atoms with Crippen molar-refractivity contribution in [1.82, 2.24) is 0 Å². The molecule has 0 bridgehead atoms. The summed E-state index contributed by atoms with van der Waals surface area (Å²) in [7, 11) is -12.3. The molecule has 0 saturated heterocycles. The highest BCUT2D eigenvalue weighted by Gasteiger charge is 2.42. The summed E-state index contributed by atoms with van der Waals surface area (Å²) in [5.41, 5.74) is 0. The fourth-order valence-electron chi connectivity index (χ4n) is 4.81. The molecule has 0 fully saturated rings. The molecule has 48 heavy (non-hydrogen) atoms. The Morgan fingerprint density at radius 2 is 0.833 bits per heavy atom. The van der Waals surface area contributed by atoms with Crippen molar-refractivity contribution in [3.63, 3.8) is 0 Å². The Hall–Kier alpha value is -0.939. The maximum absolute atomic E-state index is 11.9. The standard InChI is InChI=1S/C14H32O6Si3.C10H24O6Si3.C2H6O2.CH4.H2O/c1-13(15)11-21(3,4)19-23(7,8)20-22(5,6)12-14(16)18-10-9-17-2;1-17(2,7-9(11)12)15-19(5,6)16-18(3,4)8-10(13)14;3-1-2-4;;/h9-12H2,1-8H3;7-8H2,1-6H3,(H,11,12)(H,13,14);3-4H,1-2H2;1H4;1H2. The molecule has 21 heteroatoms. The molecule has 290 valence electrons. The van der Waals surface area contributed by atoms with Crippen molar-refractivity contribution in [1.29, 1.82) is 0 Å². The molecule has 0 aromatic heterocycles. The molecule has 0 unspecified atom stereocenters. The molecule has 0 saturated carbocycles. The molecule has 0 aliphatic carbocycles. The average molecular weight is 801 g/mol. The van der Waals surface area contributed by atoms with Crippen LogP contribution in [0.15, 0.2) is 0 Å². The van der Waals surface area contributed by atoms with E-state index in [9.17, 15) is 19.2 Å². The van der Waals surface area contributed by atoms with Crippen LogP contribution in [-0.4, -0.2) is 134 Å². The van der Waals surface area contributed by atoms with Crippen molar-refractivity contribution >= 4 is 74.1 Å². The molecule has 6 N–H and O–H groups in total. The van der Waals surface area contributed by atoms with Gasteiger partial charge in [0.2, 0.25) is 0 Å². The first-order chi connectivity index (χ1) is 20.4. The third kappa shape index (κ3) is 36.3. The lowest BCUT2D eigenvalue weighted by Gasteiger charge is -2.38. The topological polar surface area (TPSA) is 236 Å². The van der Waals surface area contributed by atoms with Crippen molar-refractivity contribution < 1.29 is 71.0 Å². The van der Waals surface area contributed by atoms with E-state index in [-0.39, 0.29) is 62.6 Å². The van der Waals surface area contributed by atoms with Crippen LogP contribution in [-0.2, 0) is 45.1 Å². The highest BCUT2D eigenvalue weighted by atomic mass is 28.5. The summed E-state index contributed by atoms with van der Waals surface area (Å²) in [6.07, 6.45) is 0. The number of aliphatic hydroxyl groups excluding tert-OH is 2. The van der Waals surface area contributed by atoms with E-state index in [2.05, 4.69) is 0 Å². The molecule has 0 heterocycles. The Kier molecular flexibility index (Phi) is 29.5. The van der Waals surface area contributed by atoms with Crippen LogP contribution in [0, 0.1) is 0 Å². The average Bonchev–Trinajstić information content (AvgIpc) is 2.72. The summed E-state index contributed by atoms with van der Waals surface area (Å²) >= 11 is 0. The van der Waals surface area contributed by atoms with E-state index in [0.717, 1.165) is 0 Å². The Labute approximate surface area is 295 Å². The van der Waals surface area contributed by atoms with Crippen molar-refractivity contribution in [2.24, 2.45) is 0 Å². The number of rotatable bonds is 20. The number of esters is 1. The monoisotopic (exact) mass is 800 g/mol. The van der Waals surface area contributed by atoms with Crippen LogP contribution in [0.3, 0.4) is 0 Å². The second kappa shape index (κ2) is 25.1. The SMILES string of the molecule is C.COCCOC(=O)C[Si](C)(C)O[Si](C)(C)O[Si](C)(C)CC(C)=O.C[Si](C)(CC(=O)O)O[Si](C)(C)O[Si](C)(C)CC(=O)O.O.OCCO. The number of carbonyl (C=O) groups excluding carboxylic acids is 2. The first kappa shape index (κ1) is 56.4. The molecule has 0 aromatic rings. The maximum atomic E-state index is 11.9. The lowest BCUT2D eigenvalue weighted by molar-refractivity contribution is -0.142. The van der Waals surface area contributed by atoms with Crippen LogP contribution in [0.5, 0.6) is 0 Å². The van der Waals surface area contributed by atoms with Gasteiger partial charge in [-0.1, -0.05) is 7.43 Å². The van der Waals surface area contributed by atoms with Gasteiger partial charge in [-0.25, -0.2) is 0 Å². The molecular formula is C27H68O15Si6. The smallest absolute Gasteiger partial charge is 0.311 e. The minimum Gasteiger partial charge on any atom is -0.481 e. The highest BCUT2D eigenvalue weighted by molar-refractivity contribution is 6.90. The molecule has 0 atom stereocenters. The van der Waals surface area contributed by atoms with Crippen LogP contribution < -0.4 is 0 Å². The van der Waals surface area contributed by atoms with Crippen molar-refractivity contribution in [2.45, 2.75) is 117 Å². The minimum atomic E-state index is -2.51. The van der Waals surface area contributed by atoms with E-state index >= 15 is 0 Å². The molecule has 0 aliphatic heterocycles. The number of hydrogen-bond donors (Lipinski definition) is 4. The number of carboxylic acids is 2. The number of methoxy groups -OCH3 is 1. The van der Waals surface area contributed by atoms with Gasteiger partial charge in [0.25, 0.3) is 0 Å². The van der Waals surface area contributed by atoms with Gasteiger partial charge in [0.15, 0.2) is 33.3 Å². The van der Waals surface area contributed by atoms with E-state index in [1.807, 2.05) is 78.6 Å². The van der Waals surface area contributed by atoms with Gasteiger partial charge in [0.05, 0.1) is 38.0 Å². The predicted octanol–water partition coefficient (Wildman–Crippen LogP) is 3.99. The fraction of sp³-hybridized carbons (Fsp3) is 0.852. The molecule has 0 spiro atoms. The van der Waals surface area contributed by atoms with E-state index in [4.69, 9.17) is 46.4 Å². The number of hydrogen-bond acceptors (Lipinski definition) is 12. The highest BCUT2D eigenvalue weighted by Crippen LogP contribution is 2.26. The third-order valence-corrected chi connectivity index (χ3v) is 26.6. The number of aliphatic carboxylic acids is 2. The lowest BCUT2D eigenvalue weighted by atomic mass is 10.5. The largest absolute Gasteiger partial charge is 0.481 e. The number of ketones is 1. The maximum Gasteiger partial charge on any atom is 0.311 e. The van der Waals surface area contributed by atoms with Gasteiger partial charge in [0.1, 0.15) is 12.4 Å². The minimum absolute atomic E-state index is 0. The molecule has 0 aliphatic rings. The first-order valence-corrected chi connectivity index (χ1v) is 33.1. The van der Waals surface area contributed by atoms with Crippen LogP contribution in [0.4, 0.5) is 0 Å². The van der Waals surface area contributed by atoms with Crippen LogP contribution in [0.1, 0.15) is 14.4 Å². The van der Waals surface area contributed by atoms with Gasteiger partial charge < -0.3 is 56.6 Å². The lowest BCUT2D eigenvalue weighted by Crippen LogP contribution is -2.53. The number of carboxylic acid groups (broad SMARTS) is 2. The summed E-state index contributed by atoms with van der Waals surface area (Å²) in [5, 5.41) is 33.0. The predicted molar refractivity (Wildman–Crippen MR) is 202 cm³/mol. The number of carbonyl (C=O) groups is 4. The van der Waals surface area contributed by atoms with Gasteiger partial charge in [-0.3, -0.25) is 14.4 Å². The zero-order chi connectivity index (χ0) is 37.2. The molecule has 0 rings (SSSR count). The summed E-state index contributed by atoms with van der Waals surface area (Å²) in [4.78, 5) is 44.8. The van der Waals surface area contributed by atoms with Crippen molar-refractivity contribution in [3.8, 4) is 0 Å². The van der Waals surface area contributed by atoms with E-state index < -0.39 is 62.3 Å². The normalized spacial score (nSPS) is 12.2. The quantitative estimate of drug-likeness (QED) is 0.0774. The van der Waals surface area contributed by atoms with Gasteiger partial charge in [-0.15, -0.1) is 0 Å². The Bertz CT molecular complexity index is 911. The van der Waals surface area contributed by atoms with Crippen molar-refractivity contribution in [2.75, 3.05) is 33.5 Å². The van der Waals surface area contributed by atoms with Crippen LogP contribution in [0.25, 0.3) is 0 Å². The zero-order valence-corrected chi connectivity index (χ0v) is 37.0. The molecule has 0 radical (unpaired) electrons.